The summed E-state index contributed by atoms with van der Waals surface area (Å²) in [6.07, 6.45) is -5.14. The number of ether oxygens (including phenoxy) is 1. The average molecular weight is 324 g/mol. The van der Waals surface area contributed by atoms with Gasteiger partial charge >= 0.3 is 6.18 Å². The molecule has 0 saturated heterocycles. The van der Waals surface area contributed by atoms with Gasteiger partial charge in [-0.1, -0.05) is 6.92 Å². The van der Waals surface area contributed by atoms with Crippen LogP contribution < -0.4 is 15.8 Å². The largest absolute Gasteiger partial charge is 0.486 e. The van der Waals surface area contributed by atoms with Gasteiger partial charge in [-0.15, -0.1) is 11.3 Å². The fraction of sp³-hybridized carbons (Fsp3) is 0.615. The number of hydrogen-bond acceptors (Lipinski definition) is 5. The third-order valence-electron chi connectivity index (χ3n) is 2.52. The molecule has 3 N–H and O–H groups in total. The van der Waals surface area contributed by atoms with E-state index >= 15 is 0 Å². The van der Waals surface area contributed by atoms with Gasteiger partial charge in [0.25, 0.3) is 0 Å². The molecule has 0 amide bonds. The molecule has 0 aliphatic heterocycles. The first-order valence-electron chi connectivity index (χ1n) is 6.58. The number of alkyl halides is 3. The standard InChI is InChI=1S/C13H19F3N2O2S/c1-4-8(19)11-9(17)10(20-7(2)3)12(21-11)18-6-5-13(14,15)16/h7,18H,4-6,17H2,1-3H3. The number of anilines is 2. The number of ketones is 1. The summed E-state index contributed by atoms with van der Waals surface area (Å²) in [4.78, 5) is 12.1. The molecule has 0 radical (unpaired) electrons. The third-order valence-corrected chi connectivity index (χ3v) is 3.71. The van der Waals surface area contributed by atoms with Crippen LogP contribution in [0.2, 0.25) is 0 Å². The Hall–Kier alpha value is -1.44. The van der Waals surface area contributed by atoms with E-state index in [-0.39, 0.29) is 36.3 Å². The fourth-order valence-corrected chi connectivity index (χ4v) is 2.67. The molecule has 21 heavy (non-hydrogen) atoms. The van der Waals surface area contributed by atoms with Crippen molar-refractivity contribution in [1.29, 1.82) is 0 Å². The maximum absolute atomic E-state index is 12.2. The smallest absolute Gasteiger partial charge is 0.390 e. The molecule has 0 fully saturated rings. The highest BCUT2D eigenvalue weighted by molar-refractivity contribution is 7.19. The molecule has 0 aliphatic carbocycles. The molecule has 0 atom stereocenters. The number of carbonyl (C=O) groups excluding carboxylic acids is 1. The Kier molecular flexibility index (Phi) is 5.88. The minimum Gasteiger partial charge on any atom is -0.486 e. The lowest BCUT2D eigenvalue weighted by molar-refractivity contribution is -0.131. The second-order valence-corrected chi connectivity index (χ2v) is 5.76. The van der Waals surface area contributed by atoms with Crippen LogP contribution in [0.3, 0.4) is 0 Å². The molecular weight excluding hydrogens is 305 g/mol. The van der Waals surface area contributed by atoms with Gasteiger partial charge in [0.05, 0.1) is 23.1 Å². The number of nitrogens with one attached hydrogen (secondary N) is 1. The first kappa shape index (κ1) is 17.6. The van der Waals surface area contributed by atoms with Gasteiger partial charge in [0.2, 0.25) is 0 Å². The zero-order valence-electron chi connectivity index (χ0n) is 12.1. The highest BCUT2D eigenvalue weighted by atomic mass is 32.1. The predicted octanol–water partition coefficient (Wildman–Crippen LogP) is 4.07. The SMILES string of the molecule is CCC(=O)c1sc(NCCC(F)(F)F)c(OC(C)C)c1N. The van der Waals surface area contributed by atoms with Gasteiger partial charge in [-0.3, -0.25) is 4.79 Å². The van der Waals surface area contributed by atoms with E-state index in [4.69, 9.17) is 10.5 Å². The summed E-state index contributed by atoms with van der Waals surface area (Å²) in [7, 11) is 0. The Bertz CT molecular complexity index is 498. The van der Waals surface area contributed by atoms with Crippen LogP contribution in [0.5, 0.6) is 5.75 Å². The molecule has 4 nitrogen and oxygen atoms in total. The van der Waals surface area contributed by atoms with Gasteiger partial charge in [0.1, 0.15) is 5.00 Å². The Morgan fingerprint density at radius 3 is 2.52 bits per heavy atom. The van der Waals surface area contributed by atoms with Crippen LogP contribution in [-0.2, 0) is 0 Å². The summed E-state index contributed by atoms with van der Waals surface area (Å²) in [5.74, 6) is 0.101. The van der Waals surface area contributed by atoms with E-state index in [2.05, 4.69) is 5.32 Å². The van der Waals surface area contributed by atoms with Gasteiger partial charge < -0.3 is 15.8 Å². The molecule has 1 aromatic rings. The van der Waals surface area contributed by atoms with Crippen molar-refractivity contribution in [2.75, 3.05) is 17.6 Å². The van der Waals surface area contributed by atoms with E-state index in [9.17, 15) is 18.0 Å². The monoisotopic (exact) mass is 324 g/mol. The first-order chi connectivity index (χ1) is 9.65. The highest BCUT2D eigenvalue weighted by Gasteiger charge is 2.27. The van der Waals surface area contributed by atoms with Gasteiger partial charge in [-0.2, -0.15) is 13.2 Å². The molecule has 0 saturated carbocycles. The van der Waals surface area contributed by atoms with Crippen LogP contribution in [-0.4, -0.2) is 24.6 Å². The van der Waals surface area contributed by atoms with Crippen molar-refractivity contribution >= 4 is 27.8 Å². The molecule has 120 valence electrons. The topological polar surface area (TPSA) is 64.3 Å². The number of nitrogens with two attached hydrogens (primary N) is 1. The van der Waals surface area contributed by atoms with E-state index in [1.807, 2.05) is 0 Å². The van der Waals surface area contributed by atoms with Crippen molar-refractivity contribution in [3.8, 4) is 5.75 Å². The van der Waals surface area contributed by atoms with Gasteiger partial charge in [0.15, 0.2) is 11.5 Å². The second-order valence-electron chi connectivity index (χ2n) is 4.74. The van der Waals surface area contributed by atoms with E-state index < -0.39 is 12.6 Å². The summed E-state index contributed by atoms with van der Waals surface area (Å²) >= 11 is 1.03. The second kappa shape index (κ2) is 7.02. The van der Waals surface area contributed by atoms with E-state index in [1.54, 1.807) is 20.8 Å². The van der Waals surface area contributed by atoms with E-state index in [0.717, 1.165) is 11.3 Å². The number of rotatable bonds is 7. The number of carbonyl (C=O) groups is 1. The lowest BCUT2D eigenvalue weighted by Crippen LogP contribution is -2.15. The summed E-state index contributed by atoms with van der Waals surface area (Å²) in [6.45, 7) is 4.95. The molecule has 0 aromatic carbocycles. The van der Waals surface area contributed by atoms with Crippen molar-refractivity contribution in [3.05, 3.63) is 4.88 Å². The van der Waals surface area contributed by atoms with Crippen LogP contribution in [0.4, 0.5) is 23.9 Å². The molecule has 0 unspecified atom stereocenters. The fourth-order valence-electron chi connectivity index (χ4n) is 1.58. The van der Waals surface area contributed by atoms with Crippen LogP contribution in [0, 0.1) is 0 Å². The molecule has 8 heteroatoms. The van der Waals surface area contributed by atoms with Crippen molar-refractivity contribution in [2.45, 2.75) is 45.9 Å². The third kappa shape index (κ3) is 5.11. The van der Waals surface area contributed by atoms with Crippen molar-refractivity contribution in [2.24, 2.45) is 0 Å². The number of Topliss-reactive ketones (excluding diaryl/α,β-unsaturated/α-hetero) is 1. The molecular formula is C13H19F3N2O2S. The molecule has 1 aromatic heterocycles. The summed E-state index contributed by atoms with van der Waals surface area (Å²) in [5.41, 5.74) is 6.08. The maximum Gasteiger partial charge on any atom is 0.390 e. The summed E-state index contributed by atoms with van der Waals surface area (Å²) in [5, 5.41) is 3.02. The van der Waals surface area contributed by atoms with Gasteiger partial charge in [-0.05, 0) is 13.8 Å². The molecule has 0 aliphatic rings. The van der Waals surface area contributed by atoms with E-state index in [1.165, 1.54) is 0 Å². The summed E-state index contributed by atoms with van der Waals surface area (Å²) < 4.78 is 42.1. The zero-order chi connectivity index (χ0) is 16.2. The number of halogens is 3. The van der Waals surface area contributed by atoms with Crippen LogP contribution >= 0.6 is 11.3 Å². The van der Waals surface area contributed by atoms with Crippen molar-refractivity contribution in [1.82, 2.24) is 0 Å². The average Bonchev–Trinajstić information content (AvgIpc) is 2.65. The zero-order valence-corrected chi connectivity index (χ0v) is 13.0. The molecule has 1 rings (SSSR count). The van der Waals surface area contributed by atoms with Gasteiger partial charge in [-0.25, -0.2) is 0 Å². The molecule has 0 spiro atoms. The number of hydrogen-bond donors (Lipinski definition) is 2. The quantitative estimate of drug-likeness (QED) is 0.742. The predicted molar refractivity (Wildman–Crippen MR) is 78.3 cm³/mol. The minimum absolute atomic E-state index is 0.157. The van der Waals surface area contributed by atoms with Crippen molar-refractivity contribution in [3.63, 3.8) is 0 Å². The Morgan fingerprint density at radius 2 is 2.05 bits per heavy atom. The lowest BCUT2D eigenvalue weighted by Gasteiger charge is -2.13. The van der Waals surface area contributed by atoms with Crippen LogP contribution in [0.15, 0.2) is 0 Å². The molecule has 0 bridgehead atoms. The number of nitrogen functional groups attached to an aromatic ring is 1. The minimum atomic E-state index is -4.24. The van der Waals surface area contributed by atoms with Gasteiger partial charge in [0, 0.05) is 13.0 Å². The highest BCUT2D eigenvalue weighted by Crippen LogP contribution is 2.43. The van der Waals surface area contributed by atoms with E-state index in [0.29, 0.717) is 9.88 Å². The maximum atomic E-state index is 12.2. The summed E-state index contributed by atoms with van der Waals surface area (Å²) in [6, 6.07) is 0. The van der Waals surface area contributed by atoms with Crippen molar-refractivity contribution < 1.29 is 22.7 Å². The Morgan fingerprint density at radius 1 is 1.43 bits per heavy atom. The normalized spacial score (nSPS) is 11.8. The molecule has 1 heterocycles. The van der Waals surface area contributed by atoms with Crippen LogP contribution in [0.25, 0.3) is 0 Å². The lowest BCUT2D eigenvalue weighted by atomic mass is 10.2. The number of thiophene rings is 1. The first-order valence-corrected chi connectivity index (χ1v) is 7.40. The Labute approximate surface area is 125 Å². The van der Waals surface area contributed by atoms with Crippen LogP contribution in [0.1, 0.15) is 43.3 Å². The Balaban J connectivity index is 2.97.